The molecular weight excluding hydrogens is 343 g/mol. The second-order valence-corrected chi connectivity index (χ2v) is 5.90. The quantitative estimate of drug-likeness (QED) is 0.736. The summed E-state index contributed by atoms with van der Waals surface area (Å²) in [6.45, 7) is 0.351. The number of carbonyl (C=O) groups excluding carboxylic acids is 2. The molecule has 1 aromatic carbocycles. The van der Waals surface area contributed by atoms with Gasteiger partial charge in [0, 0.05) is 29.9 Å². The van der Waals surface area contributed by atoms with E-state index in [-0.39, 0.29) is 22.3 Å². The number of thiazole rings is 1. The predicted octanol–water partition coefficient (Wildman–Crippen LogP) is 2.86. The molecule has 0 radical (unpaired) electrons. The first-order valence-corrected chi connectivity index (χ1v) is 8.19. The number of hydrogen-bond donors (Lipinski definition) is 2. The van der Waals surface area contributed by atoms with Crippen LogP contribution >= 0.6 is 11.3 Å². The Morgan fingerprint density at radius 1 is 1.12 bits per heavy atom. The topological polar surface area (TPSA) is 84.0 Å². The summed E-state index contributed by atoms with van der Waals surface area (Å²) in [5.74, 6) is -1.33. The molecule has 2 N–H and O–H groups in total. The van der Waals surface area contributed by atoms with E-state index in [0.29, 0.717) is 6.54 Å². The minimum absolute atomic E-state index is 0.180. The molecule has 3 rings (SSSR count). The van der Waals surface area contributed by atoms with Crippen molar-refractivity contribution < 1.29 is 14.0 Å². The van der Waals surface area contributed by atoms with E-state index in [1.165, 1.54) is 18.2 Å². The molecule has 0 atom stereocenters. The summed E-state index contributed by atoms with van der Waals surface area (Å²) in [5, 5.41) is 7.10. The number of nitrogens with one attached hydrogen (secondary N) is 2. The molecule has 0 spiro atoms. The zero-order valence-corrected chi connectivity index (χ0v) is 13.7. The Labute approximate surface area is 146 Å². The number of carbonyl (C=O) groups is 2. The maximum absolute atomic E-state index is 13.2. The van der Waals surface area contributed by atoms with E-state index in [0.717, 1.165) is 23.0 Å². The van der Waals surface area contributed by atoms with Crippen LogP contribution < -0.4 is 10.6 Å². The normalized spacial score (nSPS) is 10.3. The van der Waals surface area contributed by atoms with Crippen LogP contribution in [-0.2, 0) is 6.54 Å². The van der Waals surface area contributed by atoms with E-state index in [1.807, 2.05) is 0 Å². The second-order valence-electron chi connectivity index (χ2n) is 5.04. The molecule has 2 aromatic heterocycles. The first kappa shape index (κ1) is 16.7. The third kappa shape index (κ3) is 4.45. The highest BCUT2D eigenvalue weighted by Gasteiger charge is 2.13. The van der Waals surface area contributed by atoms with Crippen molar-refractivity contribution in [3.63, 3.8) is 0 Å². The average molecular weight is 356 g/mol. The van der Waals surface area contributed by atoms with Crippen LogP contribution in [0.5, 0.6) is 0 Å². The fourth-order valence-corrected chi connectivity index (χ4v) is 2.69. The standard InChI is InChI=1S/C17H13FN4O2S/c18-13-3-1-2-12(8-13)15(23)22-17-21-14(10-25-17)16(24)20-9-11-4-6-19-7-5-11/h1-8,10H,9H2,(H,20,24)(H,21,22,23). The number of anilines is 1. The van der Waals surface area contributed by atoms with E-state index in [4.69, 9.17) is 0 Å². The van der Waals surface area contributed by atoms with E-state index in [9.17, 15) is 14.0 Å². The van der Waals surface area contributed by atoms with Crippen LogP contribution in [0.2, 0.25) is 0 Å². The van der Waals surface area contributed by atoms with Gasteiger partial charge in [0.2, 0.25) is 0 Å². The van der Waals surface area contributed by atoms with Crippen molar-refractivity contribution in [2.45, 2.75) is 6.54 Å². The molecule has 3 aromatic rings. The number of halogens is 1. The van der Waals surface area contributed by atoms with Crippen molar-refractivity contribution in [1.29, 1.82) is 0 Å². The summed E-state index contributed by atoms with van der Waals surface area (Å²) < 4.78 is 13.2. The van der Waals surface area contributed by atoms with Gasteiger partial charge in [-0.05, 0) is 35.9 Å². The Morgan fingerprint density at radius 3 is 2.68 bits per heavy atom. The molecule has 0 saturated heterocycles. The van der Waals surface area contributed by atoms with E-state index in [1.54, 1.807) is 29.9 Å². The second kappa shape index (κ2) is 7.63. The van der Waals surface area contributed by atoms with Crippen molar-refractivity contribution in [2.24, 2.45) is 0 Å². The smallest absolute Gasteiger partial charge is 0.271 e. The van der Waals surface area contributed by atoms with Crippen LogP contribution in [0.4, 0.5) is 9.52 Å². The van der Waals surface area contributed by atoms with Crippen molar-refractivity contribution in [2.75, 3.05) is 5.32 Å². The molecule has 0 unspecified atom stereocenters. The molecule has 0 aliphatic carbocycles. The van der Waals surface area contributed by atoms with Gasteiger partial charge in [-0.2, -0.15) is 0 Å². The molecule has 0 aliphatic rings. The molecule has 0 saturated carbocycles. The summed E-state index contributed by atoms with van der Waals surface area (Å²) in [5.41, 5.74) is 1.30. The Bertz CT molecular complexity index is 898. The van der Waals surface area contributed by atoms with E-state index in [2.05, 4.69) is 20.6 Å². The van der Waals surface area contributed by atoms with Gasteiger partial charge < -0.3 is 5.32 Å². The molecule has 0 bridgehead atoms. The lowest BCUT2D eigenvalue weighted by molar-refractivity contribution is 0.0945. The van der Waals surface area contributed by atoms with E-state index < -0.39 is 11.7 Å². The number of rotatable bonds is 5. The third-order valence-corrected chi connectivity index (χ3v) is 4.00. The Morgan fingerprint density at radius 2 is 1.92 bits per heavy atom. The van der Waals surface area contributed by atoms with Crippen molar-refractivity contribution >= 4 is 28.3 Å². The van der Waals surface area contributed by atoms with Crippen LogP contribution in [0.25, 0.3) is 0 Å². The highest BCUT2D eigenvalue weighted by atomic mass is 32.1. The van der Waals surface area contributed by atoms with Gasteiger partial charge in [-0.3, -0.25) is 19.9 Å². The highest BCUT2D eigenvalue weighted by molar-refractivity contribution is 7.14. The lowest BCUT2D eigenvalue weighted by atomic mass is 10.2. The maximum atomic E-state index is 13.2. The van der Waals surface area contributed by atoms with Crippen molar-refractivity contribution in [3.05, 3.63) is 76.8 Å². The van der Waals surface area contributed by atoms with Gasteiger partial charge in [0.25, 0.3) is 11.8 Å². The minimum Gasteiger partial charge on any atom is -0.347 e. The van der Waals surface area contributed by atoms with Crippen LogP contribution in [-0.4, -0.2) is 21.8 Å². The number of nitrogens with zero attached hydrogens (tertiary/aromatic N) is 2. The molecule has 2 amide bonds. The van der Waals surface area contributed by atoms with Crippen molar-refractivity contribution in [1.82, 2.24) is 15.3 Å². The minimum atomic E-state index is -0.497. The van der Waals surface area contributed by atoms with Gasteiger partial charge in [0.05, 0.1) is 0 Å². The molecule has 6 nitrogen and oxygen atoms in total. The lowest BCUT2D eigenvalue weighted by Crippen LogP contribution is -2.23. The zero-order chi connectivity index (χ0) is 17.6. The Kier molecular flexibility index (Phi) is 5.10. The van der Waals surface area contributed by atoms with Gasteiger partial charge in [-0.15, -0.1) is 11.3 Å². The zero-order valence-electron chi connectivity index (χ0n) is 12.9. The van der Waals surface area contributed by atoms with Crippen LogP contribution in [0.1, 0.15) is 26.4 Å². The summed E-state index contributed by atoms with van der Waals surface area (Å²) >= 11 is 1.12. The molecule has 2 heterocycles. The van der Waals surface area contributed by atoms with Gasteiger partial charge >= 0.3 is 0 Å². The fraction of sp³-hybridized carbons (Fsp3) is 0.0588. The Balaban J connectivity index is 1.60. The third-order valence-electron chi connectivity index (χ3n) is 3.25. The van der Waals surface area contributed by atoms with Crippen LogP contribution in [0, 0.1) is 5.82 Å². The fourth-order valence-electron chi connectivity index (χ4n) is 2.01. The molecule has 25 heavy (non-hydrogen) atoms. The summed E-state index contributed by atoms with van der Waals surface area (Å²) in [4.78, 5) is 32.1. The molecule has 0 fully saturated rings. The molecule has 8 heteroatoms. The number of pyridine rings is 1. The first-order chi connectivity index (χ1) is 12.1. The van der Waals surface area contributed by atoms with Crippen molar-refractivity contribution in [3.8, 4) is 0 Å². The molecule has 0 aliphatic heterocycles. The Hall–Kier alpha value is -3.13. The monoisotopic (exact) mass is 356 g/mol. The largest absolute Gasteiger partial charge is 0.347 e. The van der Waals surface area contributed by atoms with Gasteiger partial charge in [0.1, 0.15) is 11.5 Å². The van der Waals surface area contributed by atoms with Gasteiger partial charge in [-0.25, -0.2) is 9.37 Å². The summed E-state index contributed by atoms with van der Waals surface area (Å²) in [6.07, 6.45) is 3.29. The summed E-state index contributed by atoms with van der Waals surface area (Å²) in [6, 6.07) is 8.92. The average Bonchev–Trinajstić information content (AvgIpc) is 3.09. The predicted molar refractivity (Wildman–Crippen MR) is 91.9 cm³/mol. The maximum Gasteiger partial charge on any atom is 0.271 e. The van der Waals surface area contributed by atoms with E-state index >= 15 is 0 Å². The summed E-state index contributed by atoms with van der Waals surface area (Å²) in [7, 11) is 0. The SMILES string of the molecule is O=C(Nc1nc(C(=O)NCc2ccncc2)cs1)c1cccc(F)c1. The number of benzene rings is 1. The number of hydrogen-bond acceptors (Lipinski definition) is 5. The number of aromatic nitrogens is 2. The van der Waals surface area contributed by atoms with Crippen LogP contribution in [0.3, 0.4) is 0 Å². The first-order valence-electron chi connectivity index (χ1n) is 7.31. The lowest BCUT2D eigenvalue weighted by Gasteiger charge is -2.03. The highest BCUT2D eigenvalue weighted by Crippen LogP contribution is 2.17. The van der Waals surface area contributed by atoms with Gasteiger partial charge in [-0.1, -0.05) is 6.07 Å². The molecule has 126 valence electrons. The number of amides is 2. The molecular formula is C17H13FN4O2S. The van der Waals surface area contributed by atoms with Crippen LogP contribution in [0.15, 0.2) is 54.2 Å². The van der Waals surface area contributed by atoms with Gasteiger partial charge in [0.15, 0.2) is 5.13 Å².